The van der Waals surface area contributed by atoms with Crippen LogP contribution in [-0.2, 0) is 74.0 Å². The van der Waals surface area contributed by atoms with Crippen LogP contribution in [0.1, 0.15) is 108 Å². The number of likely N-dealkylation sites (tertiary alicyclic amines) is 2. The number of benzene rings is 8. The Hall–Kier alpha value is -11.7. The number of hydrogen-bond acceptors (Lipinski definition) is 26. The Morgan fingerprint density at radius 2 is 0.800 bits per heavy atom. The van der Waals surface area contributed by atoms with Gasteiger partial charge in [-0.3, -0.25) is 59.3 Å². The predicted octanol–water partition coefficient (Wildman–Crippen LogP) is 19.1. The summed E-state index contributed by atoms with van der Waals surface area (Å²) < 4.78 is 24.2. The number of esters is 3. The van der Waals surface area contributed by atoms with Crippen LogP contribution in [-0.4, -0.2) is 168 Å². The number of carbonyl (C=O) groups is 7. The van der Waals surface area contributed by atoms with Crippen LogP contribution in [0.15, 0.2) is 302 Å². The summed E-state index contributed by atoms with van der Waals surface area (Å²) in [4.78, 5) is 124. The van der Waals surface area contributed by atoms with Gasteiger partial charge in [-0.1, -0.05) is 308 Å². The van der Waals surface area contributed by atoms with Crippen molar-refractivity contribution in [2.75, 3.05) is 47.5 Å². The number of halogens is 9. The second-order valence-electron chi connectivity index (χ2n) is 26.2. The molecule has 0 aliphatic carbocycles. The highest BCUT2D eigenvalue weighted by atomic mass is 127. The van der Waals surface area contributed by atoms with E-state index in [1.165, 1.54) is 81.4 Å². The largest absolute Gasteiger partial charge is 0.468 e. The highest BCUT2D eigenvalue weighted by Gasteiger charge is 2.36. The molecule has 6 N–H and O–H groups in total. The lowest BCUT2D eigenvalue weighted by molar-refractivity contribution is -0.142. The Balaban J connectivity index is 0.00000156. The number of aromatic nitrogens is 8. The second-order valence-corrected chi connectivity index (χ2v) is 28.3. The van der Waals surface area contributed by atoms with Gasteiger partial charge < -0.3 is 40.5 Å². The molecule has 3 amide bonds. The molecular formula is C95H104Cl8IN17O12S2. The molecule has 8 aromatic carbocycles. The number of hydrogen-bond donors (Lipinski definition) is 4. The van der Waals surface area contributed by atoms with E-state index in [0.29, 0.717) is 60.4 Å². The maximum atomic E-state index is 12.5. The zero-order valence-electron chi connectivity index (χ0n) is 72.8. The van der Waals surface area contributed by atoms with Crippen molar-refractivity contribution in [1.82, 2.24) is 55.0 Å². The summed E-state index contributed by atoms with van der Waals surface area (Å²) >= 11 is 33.9. The molecule has 0 radical (unpaired) electrons. The van der Waals surface area contributed by atoms with Gasteiger partial charge >= 0.3 is 30.1 Å². The molecule has 135 heavy (non-hydrogen) atoms. The summed E-state index contributed by atoms with van der Waals surface area (Å²) in [6.45, 7) is 3.33. The van der Waals surface area contributed by atoms with E-state index >= 15 is 0 Å². The van der Waals surface area contributed by atoms with Gasteiger partial charge in [0.2, 0.25) is 11.1 Å². The van der Waals surface area contributed by atoms with Crippen LogP contribution >= 0.6 is 145 Å². The number of carbonyl (C=O) groups excluding carboxylic acids is 7. The van der Waals surface area contributed by atoms with Crippen molar-refractivity contribution in [3.05, 3.63) is 380 Å². The number of ether oxygens (including phenoxy) is 5. The molecule has 14 rings (SSSR count). The Kier molecular flexibility index (Phi) is 65.6. The molecule has 3 atom stereocenters. The molecule has 0 spiro atoms. The average Bonchev–Trinajstić information content (AvgIpc) is 1.57. The number of nitrogens with two attached hydrogens (primary N) is 2. The topological polar surface area (TPSA) is 412 Å². The zero-order chi connectivity index (χ0) is 93.3. The summed E-state index contributed by atoms with van der Waals surface area (Å²) in [5.41, 5.74) is 20.9. The average molecular weight is 2150 g/mol. The van der Waals surface area contributed by atoms with E-state index in [0.717, 1.165) is 63.1 Å². The summed E-state index contributed by atoms with van der Waals surface area (Å²) in [6, 6.07) is 76.8. The summed E-state index contributed by atoms with van der Waals surface area (Å²) in [6.07, 6.45) is 13.8. The molecule has 2 fully saturated rings. The second kappa shape index (κ2) is 71.8. The lowest BCUT2D eigenvalue weighted by Gasteiger charge is -2.23. The molecule has 40 heteroatoms. The van der Waals surface area contributed by atoms with Crippen LogP contribution in [0, 0.1) is 16.7 Å². The number of amides is 3. The van der Waals surface area contributed by atoms with Crippen molar-refractivity contribution >= 4 is 204 Å². The van der Waals surface area contributed by atoms with Crippen molar-refractivity contribution in [2.45, 2.75) is 84.5 Å². The van der Waals surface area contributed by atoms with Gasteiger partial charge in [0.05, 0.1) is 69.0 Å². The lowest BCUT2D eigenvalue weighted by atomic mass is 10.0. The van der Waals surface area contributed by atoms with Gasteiger partial charge in [-0.25, -0.2) is 39.3 Å². The van der Waals surface area contributed by atoms with Crippen LogP contribution in [0.5, 0.6) is 0 Å². The Morgan fingerprint density at radius 1 is 0.474 bits per heavy atom. The predicted molar refractivity (Wildman–Crippen MR) is 554 cm³/mol. The van der Waals surface area contributed by atoms with Crippen molar-refractivity contribution < 1.29 is 57.2 Å². The first-order chi connectivity index (χ1) is 62.6. The van der Waals surface area contributed by atoms with E-state index in [1.54, 1.807) is 12.3 Å². The zero-order valence-corrected chi connectivity index (χ0v) is 83.3. The maximum Gasteiger partial charge on any atom is 0.410 e. The van der Waals surface area contributed by atoms with E-state index in [1.807, 2.05) is 243 Å². The van der Waals surface area contributed by atoms with Gasteiger partial charge in [-0.2, -0.15) is 32.3 Å². The van der Waals surface area contributed by atoms with E-state index in [9.17, 15) is 33.6 Å². The number of rotatable bonds is 21. The first kappa shape index (κ1) is 123. The van der Waals surface area contributed by atoms with Crippen LogP contribution in [0.3, 0.4) is 0 Å². The van der Waals surface area contributed by atoms with Crippen LogP contribution < -0.4 is 16.8 Å². The maximum absolute atomic E-state index is 12.5. The summed E-state index contributed by atoms with van der Waals surface area (Å²) in [7, 11) is 3.97. The number of nitrogens with one attached hydrogen (secondary N) is 2. The van der Waals surface area contributed by atoms with Gasteiger partial charge in [0.15, 0.2) is 31.8 Å². The third kappa shape index (κ3) is 45.0. The van der Waals surface area contributed by atoms with Gasteiger partial charge in [0, 0.05) is 98.4 Å². The third-order valence-electron chi connectivity index (χ3n) is 17.6. The molecule has 29 nitrogen and oxygen atoms in total. The van der Waals surface area contributed by atoms with Crippen LogP contribution in [0.25, 0.3) is 0 Å². The number of methoxy groups -OCH3 is 3. The van der Waals surface area contributed by atoms with E-state index in [-0.39, 0.29) is 160 Å². The molecule has 6 heterocycles. The monoisotopic (exact) mass is 2150 g/mol. The standard InChI is InChI=1S/C20H16ClN3O2.C18H19ClN4O3.C16H15NO2.C13H14ClNO3.C13H11N.C5H6ClN3.C4H2Cl2N2.C3H7NO2.C2H3N.CH4.2ClH.HI.2H2S/c1-26-20(25)18(17-19(21)23-13-12-22-17)24-16(14-8-4-2-5-9-14)15-10-6-3-7-11-15;19-16-14(20-8-9-21-16)11-22-17(24)15-7-4-10-23(15)18(25)26-12-13-5-2-1-3-6-13;1-19-15(18)12-17-16(13-8-4-2-5-9-13)14-10-6-3-7-11-14;14-12(16)11-7-4-8-15(11)13(17)18-9-10-5-2-1-3-6-10;14-13(11-7-3-1-4-8-11)12-9-5-2-6-10-12;6-5-4(3-7)8-1-2-9-5;5-3-4(6)8-2-1-7-3;1-6-3(5)2-4;1-2-3;;;;;;/h2-13,18H,1H3;1-3,5-6,8-9,15H,4,7,10-12H2,(H,22,24);2-11H,12H2,1H3;1-3,5-6,11H,4,7-9H2;1-10,14H;1-2H,3,7H2;1-2H;2,4H2,1H3;1H3;1H4;3*1H;2*1H2/t;15-;;;;;;;;;;;;;/m.0............./s1. The van der Waals surface area contributed by atoms with E-state index in [4.69, 9.17) is 106 Å². The molecule has 0 bridgehead atoms. The number of nitrogens with zero attached hydrogens (tertiary/aromatic N) is 13. The van der Waals surface area contributed by atoms with Crippen molar-refractivity contribution in [2.24, 2.45) is 21.5 Å². The van der Waals surface area contributed by atoms with Gasteiger partial charge in [0.1, 0.15) is 37.5 Å². The Bertz CT molecular complexity index is 5410. The fourth-order valence-corrected chi connectivity index (χ4v) is 12.3. The molecule has 2 saturated heterocycles. The smallest absolute Gasteiger partial charge is 0.410 e. The quantitative estimate of drug-likeness (QED) is 0.0171. The molecule has 4 aromatic heterocycles. The van der Waals surface area contributed by atoms with Crippen molar-refractivity contribution in [3.63, 3.8) is 0 Å². The molecular weight excluding hydrogens is 2050 g/mol. The van der Waals surface area contributed by atoms with Crippen molar-refractivity contribution in [3.8, 4) is 6.07 Å². The fraction of sp³-hybridized carbons (Fsp3) is 0.211. The normalized spacial score (nSPS) is 11.8. The molecule has 2 unspecified atom stereocenters. The number of nitriles is 1. The molecule has 0 saturated carbocycles. The third-order valence-corrected chi connectivity index (χ3v) is 19.4. The van der Waals surface area contributed by atoms with Gasteiger partial charge in [-0.15, -0.1) is 48.8 Å². The fourth-order valence-electron chi connectivity index (χ4n) is 11.3. The van der Waals surface area contributed by atoms with Gasteiger partial charge in [-0.05, 0) is 59.5 Å². The minimum absolute atomic E-state index is 0. The first-order valence-electron chi connectivity index (χ1n) is 39.5. The minimum Gasteiger partial charge on any atom is -0.468 e. The highest BCUT2D eigenvalue weighted by molar-refractivity contribution is 14.0. The summed E-state index contributed by atoms with van der Waals surface area (Å²) in [5.74, 6) is -1.53. The van der Waals surface area contributed by atoms with E-state index in [2.05, 4.69) is 64.6 Å². The lowest BCUT2D eigenvalue weighted by Crippen LogP contribution is -2.46. The number of aliphatic imine (C=N–C) groups is 2. The Labute approximate surface area is 858 Å². The SMILES string of the molecule is C.CC#N.COC(=O)C(N=C(c1ccccc1)c1ccccc1)c1nccnc1Cl.COC(=O)CN.COC(=O)CN=C(c1ccccc1)c1ccccc1.Cl.Cl.Clc1nccnc1Cl.I.N=C(c1ccccc1)c1ccccc1.NCc1nccnc1Cl.O=C(Cl)C1CCCN1C(=O)OCc1ccccc1.O=C(NCc1nccnc1Cl)[C@@H]1CCCN1C(=O)OCc1ccccc1.S.S. The highest BCUT2D eigenvalue weighted by Crippen LogP contribution is 2.27. The summed E-state index contributed by atoms with van der Waals surface area (Å²) in [5, 5.41) is 18.8. The Morgan fingerprint density at radius 3 is 1.13 bits per heavy atom. The molecule has 2 aliphatic heterocycles. The van der Waals surface area contributed by atoms with E-state index < -0.39 is 41.5 Å². The van der Waals surface area contributed by atoms with Gasteiger partial charge in [0.25, 0.3) is 0 Å². The van der Waals surface area contributed by atoms with Crippen LogP contribution in [0.4, 0.5) is 9.59 Å². The molecule has 716 valence electrons. The molecule has 12 aromatic rings. The molecule has 2 aliphatic rings. The van der Waals surface area contributed by atoms with Crippen molar-refractivity contribution in [1.29, 1.82) is 10.7 Å². The first-order valence-corrected chi connectivity index (χ1v) is 41.7. The minimum atomic E-state index is -1.02. The van der Waals surface area contributed by atoms with Crippen LogP contribution in [0.2, 0.25) is 25.8 Å².